The van der Waals surface area contributed by atoms with E-state index in [2.05, 4.69) is 40.3 Å². The minimum absolute atomic E-state index is 0.231. The predicted molar refractivity (Wildman–Crippen MR) is 123 cm³/mol. The van der Waals surface area contributed by atoms with Crippen LogP contribution in [-0.4, -0.2) is 9.97 Å². The lowest BCUT2D eigenvalue weighted by molar-refractivity contribution is 0.388. The van der Waals surface area contributed by atoms with Crippen LogP contribution in [0.15, 0.2) is 64.2 Å². The molecular weight excluding hydrogens is 372 g/mol. The van der Waals surface area contributed by atoms with Crippen LogP contribution in [0.3, 0.4) is 0 Å². The molecule has 0 amide bonds. The molecule has 2 N–H and O–H groups in total. The van der Waals surface area contributed by atoms with Crippen molar-refractivity contribution in [1.82, 2.24) is 9.97 Å². The highest BCUT2D eigenvalue weighted by atomic mass is 16.2. The second-order valence-electron chi connectivity index (χ2n) is 7.93. The summed E-state index contributed by atoms with van der Waals surface area (Å²) in [6.07, 6.45) is 4.67. The maximum absolute atomic E-state index is 12.6. The second-order valence-corrected chi connectivity index (χ2v) is 7.93. The summed E-state index contributed by atoms with van der Waals surface area (Å²) in [4.78, 5) is 30.0. The zero-order chi connectivity index (χ0) is 21.5. The number of benzene rings is 2. The molecule has 1 aliphatic rings. The first kappa shape index (κ1) is 21.8. The van der Waals surface area contributed by atoms with Crippen molar-refractivity contribution in [2.45, 2.75) is 64.7 Å². The SMILES string of the molecule is CC.Cc1cccc(Cc2c(C3CCC(c4ccccc4)CC3)[nH]c(=O)[nH]c2=O)c1. The molecule has 0 spiro atoms. The van der Waals surface area contributed by atoms with Gasteiger partial charge in [-0.2, -0.15) is 0 Å². The highest BCUT2D eigenvalue weighted by Gasteiger charge is 2.26. The Bertz CT molecular complexity index is 1060. The molecule has 4 heteroatoms. The van der Waals surface area contributed by atoms with Gasteiger partial charge in [0.05, 0.1) is 0 Å². The van der Waals surface area contributed by atoms with Gasteiger partial charge in [-0.1, -0.05) is 74.0 Å². The van der Waals surface area contributed by atoms with Crippen LogP contribution in [-0.2, 0) is 6.42 Å². The molecule has 0 atom stereocenters. The Morgan fingerprint density at radius 2 is 1.50 bits per heavy atom. The standard InChI is InChI=1S/C24H26N2O2.C2H6/c1-16-6-5-7-17(14-16)15-21-22(25-24(28)26-23(21)27)20-12-10-19(11-13-20)18-8-3-2-4-9-18;1-2/h2-9,14,19-20H,10-13,15H2,1H3,(H2,25,26,27,28);1-2H3. The third-order valence-electron chi connectivity index (χ3n) is 5.94. The van der Waals surface area contributed by atoms with Gasteiger partial charge in [-0.25, -0.2) is 4.79 Å². The predicted octanol–water partition coefficient (Wildman–Crippen LogP) is 5.43. The average molecular weight is 405 g/mol. The number of H-pyrrole nitrogens is 2. The fraction of sp³-hybridized carbons (Fsp3) is 0.385. The van der Waals surface area contributed by atoms with E-state index in [4.69, 9.17) is 0 Å². The maximum atomic E-state index is 12.6. The summed E-state index contributed by atoms with van der Waals surface area (Å²) in [7, 11) is 0. The van der Waals surface area contributed by atoms with Gasteiger partial charge in [0.2, 0.25) is 0 Å². The van der Waals surface area contributed by atoms with Crippen LogP contribution in [0, 0.1) is 6.92 Å². The number of aryl methyl sites for hydroxylation is 1. The molecular formula is C26H32N2O2. The summed E-state index contributed by atoms with van der Waals surface area (Å²) < 4.78 is 0. The Morgan fingerprint density at radius 1 is 0.833 bits per heavy atom. The summed E-state index contributed by atoms with van der Waals surface area (Å²) in [6, 6.07) is 18.8. The van der Waals surface area contributed by atoms with Gasteiger partial charge in [0.1, 0.15) is 0 Å². The van der Waals surface area contributed by atoms with E-state index in [-0.39, 0.29) is 11.5 Å². The van der Waals surface area contributed by atoms with Crippen LogP contribution in [0.5, 0.6) is 0 Å². The fourth-order valence-corrected chi connectivity index (χ4v) is 4.52. The molecule has 0 unspecified atom stereocenters. The molecule has 3 aromatic rings. The van der Waals surface area contributed by atoms with Crippen LogP contribution in [0.4, 0.5) is 0 Å². The van der Waals surface area contributed by atoms with Crippen molar-refractivity contribution in [2.24, 2.45) is 0 Å². The van der Waals surface area contributed by atoms with Gasteiger partial charge in [-0.15, -0.1) is 0 Å². The molecule has 1 fully saturated rings. The van der Waals surface area contributed by atoms with E-state index in [9.17, 15) is 9.59 Å². The minimum atomic E-state index is -0.404. The van der Waals surface area contributed by atoms with Crippen molar-refractivity contribution in [3.05, 3.63) is 103 Å². The van der Waals surface area contributed by atoms with Gasteiger partial charge in [-0.3, -0.25) is 9.78 Å². The highest BCUT2D eigenvalue weighted by Crippen LogP contribution is 2.40. The molecule has 0 bridgehead atoms. The van der Waals surface area contributed by atoms with Gasteiger partial charge in [0, 0.05) is 17.7 Å². The Kier molecular flexibility index (Phi) is 7.45. The smallest absolute Gasteiger partial charge is 0.311 e. The van der Waals surface area contributed by atoms with Crippen LogP contribution in [0.25, 0.3) is 0 Å². The number of aromatic nitrogens is 2. The Morgan fingerprint density at radius 3 is 2.17 bits per heavy atom. The van der Waals surface area contributed by atoms with Crippen molar-refractivity contribution in [3.63, 3.8) is 0 Å². The van der Waals surface area contributed by atoms with Gasteiger partial charge in [0.25, 0.3) is 5.56 Å². The zero-order valence-corrected chi connectivity index (χ0v) is 18.2. The van der Waals surface area contributed by atoms with Crippen molar-refractivity contribution in [2.75, 3.05) is 0 Å². The Hall–Kier alpha value is -2.88. The summed E-state index contributed by atoms with van der Waals surface area (Å²) in [5.41, 5.74) is 4.53. The summed E-state index contributed by atoms with van der Waals surface area (Å²) in [6.45, 7) is 6.05. The first-order chi connectivity index (χ1) is 14.6. The second kappa shape index (κ2) is 10.2. The minimum Gasteiger partial charge on any atom is -0.311 e. The normalized spacial score (nSPS) is 18.4. The quantitative estimate of drug-likeness (QED) is 0.609. The molecule has 1 aliphatic carbocycles. The first-order valence-electron chi connectivity index (χ1n) is 11.1. The number of rotatable bonds is 4. The molecule has 1 heterocycles. The van der Waals surface area contributed by atoms with E-state index in [0.29, 0.717) is 17.9 Å². The van der Waals surface area contributed by atoms with Crippen LogP contribution in [0.2, 0.25) is 0 Å². The largest absolute Gasteiger partial charge is 0.325 e. The lowest BCUT2D eigenvalue weighted by Gasteiger charge is -2.29. The van der Waals surface area contributed by atoms with Crippen molar-refractivity contribution in [1.29, 1.82) is 0 Å². The van der Waals surface area contributed by atoms with Gasteiger partial charge >= 0.3 is 5.69 Å². The van der Waals surface area contributed by atoms with Gasteiger partial charge in [0.15, 0.2) is 0 Å². The number of nitrogens with one attached hydrogen (secondary N) is 2. The van der Waals surface area contributed by atoms with Crippen molar-refractivity contribution in [3.8, 4) is 0 Å². The molecule has 1 aromatic heterocycles. The lowest BCUT2D eigenvalue weighted by Crippen LogP contribution is -2.30. The molecule has 0 radical (unpaired) electrons. The summed E-state index contributed by atoms with van der Waals surface area (Å²) in [5.74, 6) is 0.793. The van der Waals surface area contributed by atoms with E-state index >= 15 is 0 Å². The van der Waals surface area contributed by atoms with Gasteiger partial charge in [-0.05, 0) is 55.6 Å². The summed E-state index contributed by atoms with van der Waals surface area (Å²) in [5, 5.41) is 0. The van der Waals surface area contributed by atoms with E-state index < -0.39 is 5.69 Å². The molecule has 2 aromatic carbocycles. The molecule has 1 saturated carbocycles. The summed E-state index contributed by atoms with van der Waals surface area (Å²) >= 11 is 0. The average Bonchev–Trinajstić information content (AvgIpc) is 2.78. The molecule has 0 saturated heterocycles. The highest BCUT2D eigenvalue weighted by molar-refractivity contribution is 5.32. The maximum Gasteiger partial charge on any atom is 0.325 e. The van der Waals surface area contributed by atoms with Crippen molar-refractivity contribution < 1.29 is 0 Å². The lowest BCUT2D eigenvalue weighted by atomic mass is 9.76. The molecule has 158 valence electrons. The van der Waals surface area contributed by atoms with Crippen molar-refractivity contribution >= 4 is 0 Å². The molecule has 4 nitrogen and oxygen atoms in total. The Labute approximate surface area is 178 Å². The van der Waals surface area contributed by atoms with E-state index in [1.54, 1.807) is 0 Å². The molecule has 4 rings (SSSR count). The zero-order valence-electron chi connectivity index (χ0n) is 18.2. The number of hydrogen-bond donors (Lipinski definition) is 2. The van der Waals surface area contributed by atoms with E-state index in [1.165, 1.54) is 11.1 Å². The molecule has 30 heavy (non-hydrogen) atoms. The topological polar surface area (TPSA) is 65.7 Å². The third kappa shape index (κ3) is 5.18. The fourth-order valence-electron chi connectivity index (χ4n) is 4.52. The van der Waals surface area contributed by atoms with E-state index in [1.807, 2.05) is 45.0 Å². The Balaban J connectivity index is 0.00000124. The first-order valence-corrected chi connectivity index (χ1v) is 11.1. The monoisotopic (exact) mass is 404 g/mol. The van der Waals surface area contributed by atoms with E-state index in [0.717, 1.165) is 36.9 Å². The van der Waals surface area contributed by atoms with Crippen LogP contribution >= 0.6 is 0 Å². The van der Waals surface area contributed by atoms with Crippen LogP contribution < -0.4 is 11.2 Å². The van der Waals surface area contributed by atoms with Gasteiger partial charge < -0.3 is 4.98 Å². The molecule has 0 aliphatic heterocycles. The number of aromatic amines is 2. The third-order valence-corrected chi connectivity index (χ3v) is 5.94. The van der Waals surface area contributed by atoms with Crippen LogP contribution in [0.1, 0.15) is 79.3 Å². The number of hydrogen-bond acceptors (Lipinski definition) is 2.